The summed E-state index contributed by atoms with van der Waals surface area (Å²) in [7, 11) is 1.74. The van der Waals surface area contributed by atoms with Crippen LogP contribution in [0.4, 0.5) is 10.6 Å². The van der Waals surface area contributed by atoms with Crippen molar-refractivity contribution >= 4 is 29.0 Å². The lowest BCUT2D eigenvalue weighted by Crippen LogP contribution is -2.54. The number of fused-ring (bicyclic) bond motifs is 1. The lowest BCUT2D eigenvalue weighted by atomic mass is 9.85. The lowest BCUT2D eigenvalue weighted by molar-refractivity contribution is -0.125. The van der Waals surface area contributed by atoms with Crippen LogP contribution in [0.1, 0.15) is 58.9 Å². The maximum atomic E-state index is 12.3. The summed E-state index contributed by atoms with van der Waals surface area (Å²) >= 11 is 0. The minimum Gasteiger partial charge on any atom is -0.444 e. The van der Waals surface area contributed by atoms with Crippen LogP contribution in [0.3, 0.4) is 0 Å². The predicted octanol–water partition coefficient (Wildman–Crippen LogP) is 1.10. The van der Waals surface area contributed by atoms with Crippen LogP contribution in [-0.4, -0.2) is 79.2 Å². The number of aromatic nitrogens is 4. The number of nitrogens with zero attached hydrogens (tertiary/aromatic N) is 4. The summed E-state index contributed by atoms with van der Waals surface area (Å²) < 4.78 is 6.91. The molecule has 1 aliphatic carbocycles. The van der Waals surface area contributed by atoms with Crippen molar-refractivity contribution in [1.29, 1.82) is 0 Å². The predicted molar refractivity (Wildman–Crippen MR) is 125 cm³/mol. The molecule has 2 aromatic heterocycles. The van der Waals surface area contributed by atoms with E-state index in [-0.39, 0.29) is 12.3 Å². The number of aliphatic hydroxyl groups excluding tert-OH is 2. The van der Waals surface area contributed by atoms with Crippen LogP contribution in [0.15, 0.2) is 12.7 Å². The van der Waals surface area contributed by atoms with Gasteiger partial charge in [0.2, 0.25) is 5.91 Å². The smallest absolute Gasteiger partial charge is 0.407 e. The molecule has 5 N–H and O–H groups in total. The summed E-state index contributed by atoms with van der Waals surface area (Å²) in [4.78, 5) is 36.7. The molecule has 0 aromatic carbocycles. The average molecular weight is 478 g/mol. The molecule has 12 nitrogen and oxygen atoms in total. The third-order valence-electron chi connectivity index (χ3n) is 5.73. The van der Waals surface area contributed by atoms with Crippen molar-refractivity contribution in [2.45, 2.75) is 82.8 Å². The van der Waals surface area contributed by atoms with E-state index in [2.05, 4.69) is 30.9 Å². The number of aliphatic hydroxyl groups is 2. The first-order valence-corrected chi connectivity index (χ1v) is 11.6. The second-order valence-electron chi connectivity index (χ2n) is 9.48. The number of nitrogens with one attached hydrogen (secondary N) is 3. The molecular formula is C22H35N7O5. The van der Waals surface area contributed by atoms with Gasteiger partial charge in [-0.2, -0.15) is 0 Å². The van der Waals surface area contributed by atoms with Gasteiger partial charge in [-0.05, 0) is 46.5 Å². The van der Waals surface area contributed by atoms with Crippen LogP contribution in [0.25, 0.3) is 11.2 Å². The van der Waals surface area contributed by atoms with E-state index in [9.17, 15) is 19.8 Å². The Bertz CT molecular complexity index is 990. The van der Waals surface area contributed by atoms with Crippen molar-refractivity contribution in [2.75, 3.05) is 18.9 Å². The first kappa shape index (κ1) is 25.6. The van der Waals surface area contributed by atoms with Crippen molar-refractivity contribution in [3.05, 3.63) is 12.7 Å². The quantitative estimate of drug-likeness (QED) is 0.350. The van der Waals surface area contributed by atoms with Crippen molar-refractivity contribution in [1.82, 2.24) is 30.2 Å². The third kappa shape index (κ3) is 6.32. The molecule has 0 bridgehead atoms. The van der Waals surface area contributed by atoms with Gasteiger partial charge >= 0.3 is 6.09 Å². The van der Waals surface area contributed by atoms with Crippen LogP contribution in [0.5, 0.6) is 0 Å². The van der Waals surface area contributed by atoms with E-state index in [4.69, 9.17) is 4.74 Å². The summed E-state index contributed by atoms with van der Waals surface area (Å²) in [6.45, 7) is 5.79. The maximum Gasteiger partial charge on any atom is 0.407 e. The fraction of sp³-hybridized carbons (Fsp3) is 0.682. The minimum atomic E-state index is -1.13. The van der Waals surface area contributed by atoms with E-state index in [0.29, 0.717) is 49.2 Å². The summed E-state index contributed by atoms with van der Waals surface area (Å²) in [6, 6.07) is -0.970. The van der Waals surface area contributed by atoms with Gasteiger partial charge in [0.15, 0.2) is 11.5 Å². The monoisotopic (exact) mass is 477 g/mol. The minimum absolute atomic E-state index is 0.202. The maximum absolute atomic E-state index is 12.3. The van der Waals surface area contributed by atoms with Gasteiger partial charge in [0.1, 0.15) is 29.7 Å². The molecule has 2 heterocycles. The van der Waals surface area contributed by atoms with Gasteiger partial charge in [0.05, 0.1) is 18.4 Å². The second-order valence-corrected chi connectivity index (χ2v) is 9.48. The molecular weight excluding hydrogens is 442 g/mol. The lowest BCUT2D eigenvalue weighted by Gasteiger charge is -2.38. The number of alkyl carbamates (subject to hydrolysis) is 1. The van der Waals surface area contributed by atoms with Gasteiger partial charge in [0.25, 0.3) is 0 Å². The molecule has 0 unspecified atom stereocenters. The largest absolute Gasteiger partial charge is 0.444 e. The number of unbranched alkanes of at least 4 members (excludes halogenated alkanes) is 1. The highest BCUT2D eigenvalue weighted by Gasteiger charge is 2.39. The summed E-state index contributed by atoms with van der Waals surface area (Å²) in [5.41, 5.74) is 0.601. The van der Waals surface area contributed by atoms with Gasteiger partial charge in [-0.1, -0.05) is 0 Å². The Morgan fingerprint density at radius 2 is 1.91 bits per heavy atom. The van der Waals surface area contributed by atoms with Gasteiger partial charge in [-0.3, -0.25) is 4.79 Å². The van der Waals surface area contributed by atoms with Gasteiger partial charge < -0.3 is 35.5 Å². The Kier molecular flexibility index (Phi) is 8.26. The summed E-state index contributed by atoms with van der Waals surface area (Å²) in [6.07, 6.45) is 2.79. The molecule has 2 aromatic rings. The summed E-state index contributed by atoms with van der Waals surface area (Å²) in [5.74, 6) is 0.382. The molecule has 0 saturated heterocycles. The number of imidazole rings is 1. The Morgan fingerprint density at radius 1 is 1.15 bits per heavy atom. The fourth-order valence-electron chi connectivity index (χ4n) is 4.09. The topological polar surface area (TPSA) is 164 Å². The number of hydrogen-bond donors (Lipinski definition) is 5. The highest BCUT2D eigenvalue weighted by molar-refractivity contribution is 5.82. The van der Waals surface area contributed by atoms with E-state index in [1.807, 2.05) is 0 Å². The fourth-order valence-corrected chi connectivity index (χ4v) is 4.09. The average Bonchev–Trinajstić information content (AvgIpc) is 3.19. The van der Waals surface area contributed by atoms with E-state index in [0.717, 1.165) is 0 Å². The van der Waals surface area contributed by atoms with Crippen LogP contribution in [-0.2, 0) is 9.53 Å². The molecule has 3 rings (SSSR count). The number of amides is 2. The van der Waals surface area contributed by atoms with Crippen molar-refractivity contribution < 1.29 is 24.5 Å². The molecule has 0 radical (unpaired) electrons. The Labute approximate surface area is 198 Å². The number of ether oxygens (including phenoxy) is 1. The molecule has 0 spiro atoms. The van der Waals surface area contributed by atoms with E-state index < -0.39 is 36.0 Å². The van der Waals surface area contributed by atoms with Gasteiger partial charge in [-0.15, -0.1) is 0 Å². The third-order valence-corrected chi connectivity index (χ3v) is 5.73. The van der Waals surface area contributed by atoms with Crippen LogP contribution >= 0.6 is 0 Å². The SMILES string of the molecule is CNc1ncnc2c1ncn2[C@H]1CC[C@H](NC(=O)CCCCNC(=O)OC(C)(C)C)[C@H](O)[C@H]1O. The molecule has 12 heteroatoms. The number of rotatable bonds is 8. The molecule has 188 valence electrons. The molecule has 2 amide bonds. The Morgan fingerprint density at radius 3 is 2.62 bits per heavy atom. The molecule has 1 aliphatic rings. The number of anilines is 1. The van der Waals surface area contributed by atoms with E-state index in [1.165, 1.54) is 6.33 Å². The first-order chi connectivity index (χ1) is 16.1. The number of hydrogen-bond acceptors (Lipinski definition) is 9. The zero-order valence-corrected chi connectivity index (χ0v) is 20.1. The first-order valence-electron chi connectivity index (χ1n) is 11.6. The van der Waals surface area contributed by atoms with E-state index in [1.54, 1.807) is 38.7 Å². The summed E-state index contributed by atoms with van der Waals surface area (Å²) in [5, 5.41) is 29.9. The molecule has 1 fully saturated rings. The van der Waals surface area contributed by atoms with Crippen LogP contribution in [0.2, 0.25) is 0 Å². The standard InChI is InChI=1S/C22H35N7O5/c1-22(2,3)34-21(33)24-10-6-5-7-15(30)28-13-8-9-14(18(32)17(13)31)29-12-27-16-19(23-4)25-11-26-20(16)29/h11-14,17-18,31-32H,5-10H2,1-4H3,(H,24,33)(H,28,30)(H,23,25,26)/t13-,14-,17-,18-/m0/s1. The van der Waals surface area contributed by atoms with Crippen molar-refractivity contribution in [2.24, 2.45) is 0 Å². The highest BCUT2D eigenvalue weighted by Crippen LogP contribution is 2.32. The normalized spacial score (nSPS) is 22.9. The molecule has 0 aliphatic heterocycles. The highest BCUT2D eigenvalue weighted by atomic mass is 16.6. The molecule has 4 atom stereocenters. The van der Waals surface area contributed by atoms with Gasteiger partial charge in [-0.25, -0.2) is 19.7 Å². The Balaban J connectivity index is 1.46. The van der Waals surface area contributed by atoms with Crippen LogP contribution < -0.4 is 16.0 Å². The van der Waals surface area contributed by atoms with Crippen molar-refractivity contribution in [3.63, 3.8) is 0 Å². The zero-order valence-electron chi connectivity index (χ0n) is 20.1. The molecule has 1 saturated carbocycles. The Hall–Kier alpha value is -2.99. The number of carbonyl (C=O) groups is 2. The van der Waals surface area contributed by atoms with Crippen molar-refractivity contribution in [3.8, 4) is 0 Å². The second kappa shape index (κ2) is 11.0. The number of carbonyl (C=O) groups excluding carboxylic acids is 2. The van der Waals surface area contributed by atoms with E-state index >= 15 is 0 Å². The van der Waals surface area contributed by atoms with Gasteiger partial charge in [0, 0.05) is 20.0 Å². The molecule has 34 heavy (non-hydrogen) atoms. The van der Waals surface area contributed by atoms with Crippen LogP contribution in [0, 0.1) is 0 Å². The zero-order chi connectivity index (χ0) is 24.9.